The monoisotopic (exact) mass is 662 g/mol. The predicted octanol–water partition coefficient (Wildman–Crippen LogP) is 1.19. The molecule has 4 amide bonds. The van der Waals surface area contributed by atoms with Gasteiger partial charge in [0.2, 0.25) is 17.7 Å². The van der Waals surface area contributed by atoms with Gasteiger partial charge in [0.25, 0.3) is 5.91 Å². The Morgan fingerprint density at radius 3 is 2.38 bits per heavy atom. The molecule has 0 radical (unpaired) electrons. The first kappa shape index (κ1) is 37.7. The SMILES string of the molecule is Cc1ccc(CNC(=O)[C@H](COc2cccc(/C=C(\C#N)C(=O)NC(C)(C)C)c2)NC(=O)[C@@H](NC(=O)CN2CCOCC2)[C@@H](C)O)cc1. The molecule has 3 atom stereocenters. The minimum atomic E-state index is -1.33. The van der Waals surface area contributed by atoms with Crippen molar-refractivity contribution in [1.82, 2.24) is 26.2 Å². The van der Waals surface area contributed by atoms with Gasteiger partial charge in [0, 0.05) is 25.2 Å². The molecule has 1 fully saturated rings. The Morgan fingerprint density at radius 2 is 1.75 bits per heavy atom. The van der Waals surface area contributed by atoms with E-state index >= 15 is 0 Å². The van der Waals surface area contributed by atoms with Crippen molar-refractivity contribution in [3.63, 3.8) is 0 Å². The number of hydrogen-bond acceptors (Lipinski definition) is 9. The smallest absolute Gasteiger partial charge is 0.262 e. The van der Waals surface area contributed by atoms with Crippen LogP contribution in [0.2, 0.25) is 0 Å². The highest BCUT2D eigenvalue weighted by Crippen LogP contribution is 2.17. The standard InChI is InChI=1S/C35H46N6O7/c1-23-9-11-25(12-10-23)20-37-33(45)29(38-34(46)31(24(2)42)39-30(43)21-41-13-15-47-16-14-41)22-48-28-8-6-7-26(18-28)17-27(19-36)32(44)40-35(3,4)5/h6-12,17-18,24,29,31,42H,13-16,20-22H2,1-5H3,(H,37,45)(H,38,46)(H,39,43)(H,40,44)/b27-17+/t24-,29+,31+/m1/s1. The molecule has 48 heavy (non-hydrogen) atoms. The number of benzene rings is 2. The Morgan fingerprint density at radius 1 is 1.06 bits per heavy atom. The molecule has 3 rings (SSSR count). The van der Waals surface area contributed by atoms with Crippen LogP contribution in [0.3, 0.4) is 0 Å². The van der Waals surface area contributed by atoms with Gasteiger partial charge in [0.05, 0.1) is 25.9 Å². The molecule has 5 N–H and O–H groups in total. The average Bonchev–Trinajstić information content (AvgIpc) is 3.03. The van der Waals surface area contributed by atoms with Crippen LogP contribution in [0.4, 0.5) is 0 Å². The van der Waals surface area contributed by atoms with Crippen molar-refractivity contribution in [3.8, 4) is 11.8 Å². The van der Waals surface area contributed by atoms with Crippen molar-refractivity contribution < 1.29 is 33.8 Å². The fraction of sp³-hybridized carbons (Fsp3) is 0.457. The van der Waals surface area contributed by atoms with Gasteiger partial charge in [-0.25, -0.2) is 0 Å². The third-order valence-corrected chi connectivity index (χ3v) is 7.21. The van der Waals surface area contributed by atoms with Crippen LogP contribution in [0.1, 0.15) is 44.4 Å². The molecule has 13 nitrogen and oxygen atoms in total. The van der Waals surface area contributed by atoms with Crippen molar-refractivity contribution >= 4 is 29.7 Å². The summed E-state index contributed by atoms with van der Waals surface area (Å²) in [6.45, 7) is 10.8. The highest BCUT2D eigenvalue weighted by atomic mass is 16.5. The summed E-state index contributed by atoms with van der Waals surface area (Å²) in [4.78, 5) is 54.0. The molecule has 1 saturated heterocycles. The summed E-state index contributed by atoms with van der Waals surface area (Å²) >= 11 is 0. The van der Waals surface area contributed by atoms with E-state index in [1.54, 1.807) is 24.3 Å². The number of aryl methyl sites for hydroxylation is 1. The summed E-state index contributed by atoms with van der Waals surface area (Å²) in [5.41, 5.74) is 1.80. The molecule has 258 valence electrons. The lowest BCUT2D eigenvalue weighted by Gasteiger charge is -2.28. The lowest BCUT2D eigenvalue weighted by molar-refractivity contribution is -0.135. The number of nitrogens with zero attached hydrogens (tertiary/aromatic N) is 2. The summed E-state index contributed by atoms with van der Waals surface area (Å²) in [5.74, 6) is -1.97. The molecule has 0 unspecified atom stereocenters. The second-order valence-electron chi connectivity index (χ2n) is 12.7. The van der Waals surface area contributed by atoms with E-state index < -0.39 is 47.4 Å². The number of rotatable bonds is 14. The van der Waals surface area contributed by atoms with E-state index in [1.807, 2.05) is 62.9 Å². The quantitative estimate of drug-likeness (QED) is 0.147. The number of ether oxygens (including phenoxy) is 2. The predicted molar refractivity (Wildman–Crippen MR) is 179 cm³/mol. The van der Waals surface area contributed by atoms with Crippen LogP contribution in [0, 0.1) is 18.3 Å². The van der Waals surface area contributed by atoms with Gasteiger partial charge in [-0.1, -0.05) is 42.0 Å². The van der Waals surface area contributed by atoms with E-state index in [0.717, 1.165) is 11.1 Å². The number of nitrogens with one attached hydrogen (secondary N) is 4. The first-order valence-electron chi connectivity index (χ1n) is 15.8. The fourth-order valence-electron chi connectivity index (χ4n) is 4.65. The van der Waals surface area contributed by atoms with Gasteiger partial charge >= 0.3 is 0 Å². The zero-order valence-electron chi connectivity index (χ0n) is 28.2. The second kappa shape index (κ2) is 18.0. The Hall–Kier alpha value is -4.77. The molecule has 0 bridgehead atoms. The van der Waals surface area contributed by atoms with Gasteiger partial charge in [-0.15, -0.1) is 0 Å². The normalized spacial score (nSPS) is 15.6. The van der Waals surface area contributed by atoms with Crippen molar-refractivity contribution in [3.05, 3.63) is 70.8 Å². The summed E-state index contributed by atoms with van der Waals surface area (Å²) in [5, 5.41) is 30.7. The van der Waals surface area contributed by atoms with Crippen LogP contribution in [0.5, 0.6) is 5.75 Å². The van der Waals surface area contributed by atoms with E-state index in [9.17, 15) is 29.5 Å². The van der Waals surface area contributed by atoms with Crippen LogP contribution in [-0.2, 0) is 30.5 Å². The molecule has 1 heterocycles. The fourth-order valence-corrected chi connectivity index (χ4v) is 4.65. The second-order valence-corrected chi connectivity index (χ2v) is 12.7. The first-order valence-corrected chi connectivity index (χ1v) is 15.8. The molecule has 0 aromatic heterocycles. The summed E-state index contributed by atoms with van der Waals surface area (Å²) in [6.07, 6.45) is 0.165. The number of morpholine rings is 1. The van der Waals surface area contributed by atoms with Gasteiger partial charge in [0.1, 0.15) is 36.1 Å². The zero-order chi connectivity index (χ0) is 35.3. The third-order valence-electron chi connectivity index (χ3n) is 7.21. The van der Waals surface area contributed by atoms with Crippen molar-refractivity contribution in [1.29, 1.82) is 5.26 Å². The Labute approximate surface area is 281 Å². The van der Waals surface area contributed by atoms with Crippen LogP contribution < -0.4 is 26.0 Å². The molecule has 2 aromatic carbocycles. The highest BCUT2D eigenvalue weighted by Gasteiger charge is 2.31. The average molecular weight is 663 g/mol. The number of amides is 4. The molecule has 1 aliphatic heterocycles. The highest BCUT2D eigenvalue weighted by molar-refractivity contribution is 6.02. The summed E-state index contributed by atoms with van der Waals surface area (Å²) in [7, 11) is 0. The maximum absolute atomic E-state index is 13.4. The molecule has 1 aliphatic rings. The first-order chi connectivity index (χ1) is 22.7. The lowest BCUT2D eigenvalue weighted by atomic mass is 10.1. The summed E-state index contributed by atoms with van der Waals surface area (Å²) in [6, 6.07) is 13.5. The minimum absolute atomic E-state index is 0.0274. The third kappa shape index (κ3) is 12.8. The van der Waals surface area contributed by atoms with Gasteiger partial charge in [-0.2, -0.15) is 5.26 Å². The van der Waals surface area contributed by atoms with Crippen LogP contribution in [0.15, 0.2) is 54.1 Å². The maximum Gasteiger partial charge on any atom is 0.262 e. The van der Waals surface area contributed by atoms with Crippen molar-refractivity contribution in [2.45, 2.75) is 64.9 Å². The van der Waals surface area contributed by atoms with Crippen LogP contribution in [-0.4, -0.2) is 96.8 Å². The van der Waals surface area contributed by atoms with Crippen LogP contribution >= 0.6 is 0 Å². The Kier molecular flexibility index (Phi) is 14.1. The molecular weight excluding hydrogens is 616 g/mol. The van der Waals surface area contributed by atoms with E-state index in [0.29, 0.717) is 37.6 Å². The van der Waals surface area contributed by atoms with E-state index in [2.05, 4.69) is 21.3 Å². The Bertz CT molecular complexity index is 1490. The number of carbonyl (C=O) groups is 4. The number of nitriles is 1. The maximum atomic E-state index is 13.4. The Balaban J connectivity index is 1.75. The van der Waals surface area contributed by atoms with Crippen molar-refractivity contribution in [2.75, 3.05) is 39.5 Å². The minimum Gasteiger partial charge on any atom is -0.491 e. The number of aliphatic hydroxyl groups excluding tert-OH is 1. The number of hydrogen-bond donors (Lipinski definition) is 5. The van der Waals surface area contributed by atoms with Gasteiger partial charge in [-0.05, 0) is 64.0 Å². The van der Waals surface area contributed by atoms with Crippen LogP contribution in [0.25, 0.3) is 6.08 Å². The molecule has 0 spiro atoms. The van der Waals surface area contributed by atoms with E-state index in [4.69, 9.17) is 9.47 Å². The van der Waals surface area contributed by atoms with Gasteiger partial charge in [-0.3, -0.25) is 24.1 Å². The van der Waals surface area contributed by atoms with Crippen molar-refractivity contribution in [2.24, 2.45) is 0 Å². The van der Waals surface area contributed by atoms with Gasteiger partial charge in [0.15, 0.2) is 0 Å². The molecule has 13 heteroatoms. The van der Waals surface area contributed by atoms with Gasteiger partial charge < -0.3 is 35.8 Å². The molecule has 2 aromatic rings. The lowest BCUT2D eigenvalue weighted by Crippen LogP contribution is -2.59. The molecule has 0 saturated carbocycles. The largest absolute Gasteiger partial charge is 0.491 e. The molecular formula is C35H46N6O7. The zero-order valence-corrected chi connectivity index (χ0v) is 28.2. The number of carbonyl (C=O) groups excluding carboxylic acids is 4. The number of aliphatic hydroxyl groups is 1. The summed E-state index contributed by atoms with van der Waals surface area (Å²) < 4.78 is 11.2. The van der Waals surface area contributed by atoms with E-state index in [1.165, 1.54) is 13.0 Å². The van der Waals surface area contributed by atoms with E-state index in [-0.39, 0.29) is 25.3 Å². The molecule has 0 aliphatic carbocycles. The topological polar surface area (TPSA) is 182 Å².